The first-order valence-electron chi connectivity index (χ1n) is 9.25. The lowest BCUT2D eigenvalue weighted by molar-refractivity contribution is 0.181. The van der Waals surface area contributed by atoms with Crippen LogP contribution in [-0.4, -0.2) is 43.8 Å². The molecule has 0 amide bonds. The third-order valence-corrected chi connectivity index (χ3v) is 7.08. The number of hydrogen-bond acceptors (Lipinski definition) is 3. The van der Waals surface area contributed by atoms with Crippen molar-refractivity contribution in [2.24, 2.45) is 0 Å². The molecule has 5 heteroatoms. The molecule has 1 aliphatic heterocycles. The third-order valence-electron chi connectivity index (χ3n) is 5.17. The molecule has 0 aromatic heterocycles. The average molecular weight is 373 g/mol. The summed E-state index contributed by atoms with van der Waals surface area (Å²) in [6, 6.07) is 15.7. The van der Waals surface area contributed by atoms with E-state index in [9.17, 15) is 8.42 Å². The molecule has 0 saturated carbocycles. The lowest BCUT2D eigenvalue weighted by Gasteiger charge is -2.34. The van der Waals surface area contributed by atoms with Crippen LogP contribution in [0.2, 0.25) is 0 Å². The second-order valence-corrected chi connectivity index (χ2v) is 9.27. The molecule has 0 spiro atoms. The van der Waals surface area contributed by atoms with Crippen LogP contribution in [0.5, 0.6) is 0 Å². The molecule has 0 N–H and O–H groups in total. The van der Waals surface area contributed by atoms with E-state index in [1.54, 1.807) is 16.4 Å². The van der Waals surface area contributed by atoms with Gasteiger partial charge in [0.1, 0.15) is 0 Å². The van der Waals surface area contributed by atoms with Crippen LogP contribution in [0.1, 0.15) is 36.5 Å². The Balaban J connectivity index is 1.64. The number of hydrogen-bond donors (Lipinski definition) is 0. The number of rotatable bonds is 5. The molecule has 4 nitrogen and oxygen atoms in total. The highest BCUT2D eigenvalue weighted by Crippen LogP contribution is 2.22. The number of benzene rings is 2. The summed E-state index contributed by atoms with van der Waals surface area (Å²) in [5.74, 6) is 0.400. The van der Waals surface area contributed by atoms with Crippen molar-refractivity contribution in [2.75, 3.05) is 26.2 Å². The molecule has 0 bridgehead atoms. The van der Waals surface area contributed by atoms with Crippen molar-refractivity contribution in [3.05, 3.63) is 65.2 Å². The van der Waals surface area contributed by atoms with E-state index in [1.165, 1.54) is 11.1 Å². The van der Waals surface area contributed by atoms with Gasteiger partial charge in [-0.3, -0.25) is 4.90 Å². The van der Waals surface area contributed by atoms with Crippen molar-refractivity contribution >= 4 is 10.0 Å². The third kappa shape index (κ3) is 4.17. The molecule has 0 radical (unpaired) electrons. The minimum atomic E-state index is -3.40. The van der Waals surface area contributed by atoms with Crippen LogP contribution in [-0.2, 0) is 16.6 Å². The second kappa shape index (κ2) is 7.91. The fraction of sp³-hybridized carbons (Fsp3) is 0.429. The van der Waals surface area contributed by atoms with Crippen LogP contribution in [0.15, 0.2) is 53.4 Å². The van der Waals surface area contributed by atoms with Gasteiger partial charge in [-0.2, -0.15) is 4.31 Å². The quantitative estimate of drug-likeness (QED) is 0.805. The Labute approximate surface area is 157 Å². The minimum absolute atomic E-state index is 0.397. The molecule has 0 aliphatic carbocycles. The number of aryl methyl sites for hydroxylation is 1. The van der Waals surface area contributed by atoms with Gasteiger partial charge < -0.3 is 0 Å². The molecule has 0 unspecified atom stereocenters. The lowest BCUT2D eigenvalue weighted by atomic mass is 10.0. The van der Waals surface area contributed by atoms with Crippen LogP contribution < -0.4 is 0 Å². The Bertz CT molecular complexity index is 837. The highest BCUT2D eigenvalue weighted by molar-refractivity contribution is 7.89. The van der Waals surface area contributed by atoms with Crippen molar-refractivity contribution in [3.63, 3.8) is 0 Å². The summed E-state index contributed by atoms with van der Waals surface area (Å²) in [7, 11) is -3.40. The van der Waals surface area contributed by atoms with E-state index in [0.29, 0.717) is 23.9 Å². The van der Waals surface area contributed by atoms with Crippen LogP contribution in [0.25, 0.3) is 0 Å². The predicted molar refractivity (Wildman–Crippen MR) is 106 cm³/mol. The highest BCUT2D eigenvalue weighted by Gasteiger charge is 2.28. The van der Waals surface area contributed by atoms with Gasteiger partial charge in [-0.05, 0) is 41.7 Å². The minimum Gasteiger partial charge on any atom is -0.296 e. The molecule has 2 aromatic rings. The maximum atomic E-state index is 12.9. The average Bonchev–Trinajstić information content (AvgIpc) is 2.64. The first-order chi connectivity index (χ1) is 12.4. The maximum Gasteiger partial charge on any atom is 0.243 e. The van der Waals surface area contributed by atoms with Gasteiger partial charge in [0.25, 0.3) is 0 Å². The molecule has 1 heterocycles. The fourth-order valence-corrected chi connectivity index (χ4v) is 4.75. The summed E-state index contributed by atoms with van der Waals surface area (Å²) in [5, 5.41) is 0. The molecule has 1 aliphatic rings. The smallest absolute Gasteiger partial charge is 0.243 e. The summed E-state index contributed by atoms with van der Waals surface area (Å²) in [6.45, 7) is 9.82. The first-order valence-corrected chi connectivity index (χ1v) is 10.7. The molecule has 1 fully saturated rings. The highest BCUT2D eigenvalue weighted by atomic mass is 32.2. The summed E-state index contributed by atoms with van der Waals surface area (Å²) < 4.78 is 27.4. The Morgan fingerprint density at radius 1 is 0.923 bits per heavy atom. The molecule has 1 saturated heterocycles. The van der Waals surface area contributed by atoms with E-state index in [1.807, 2.05) is 18.2 Å². The lowest BCUT2D eigenvalue weighted by Crippen LogP contribution is -2.48. The Morgan fingerprint density at radius 2 is 1.54 bits per heavy atom. The van der Waals surface area contributed by atoms with Crippen molar-refractivity contribution in [3.8, 4) is 0 Å². The summed E-state index contributed by atoms with van der Waals surface area (Å²) in [5.41, 5.74) is 3.76. The van der Waals surface area contributed by atoms with Crippen LogP contribution >= 0.6 is 0 Å². The van der Waals surface area contributed by atoms with Crippen LogP contribution in [0.3, 0.4) is 0 Å². The first kappa shape index (κ1) is 19.1. The monoisotopic (exact) mass is 372 g/mol. The normalized spacial score (nSPS) is 16.9. The SMILES string of the molecule is Cc1ccccc1CN1CCN(S(=O)(=O)c2ccc(C(C)C)cc2)CC1. The number of nitrogens with zero attached hydrogens (tertiary/aromatic N) is 2. The van der Waals surface area contributed by atoms with Crippen molar-refractivity contribution in [1.82, 2.24) is 9.21 Å². The van der Waals surface area contributed by atoms with E-state index in [4.69, 9.17) is 0 Å². The maximum absolute atomic E-state index is 12.9. The zero-order chi connectivity index (χ0) is 18.7. The van der Waals surface area contributed by atoms with Crippen LogP contribution in [0.4, 0.5) is 0 Å². The van der Waals surface area contributed by atoms with Crippen molar-refractivity contribution < 1.29 is 8.42 Å². The molecular formula is C21H28N2O2S. The largest absolute Gasteiger partial charge is 0.296 e. The van der Waals surface area contributed by atoms with E-state index >= 15 is 0 Å². The number of piperazine rings is 1. The van der Waals surface area contributed by atoms with E-state index in [0.717, 1.165) is 25.2 Å². The summed E-state index contributed by atoms with van der Waals surface area (Å²) >= 11 is 0. The van der Waals surface area contributed by atoms with Gasteiger partial charge in [0.15, 0.2) is 0 Å². The van der Waals surface area contributed by atoms with Gasteiger partial charge >= 0.3 is 0 Å². The molecular weight excluding hydrogens is 344 g/mol. The van der Waals surface area contributed by atoms with Crippen molar-refractivity contribution in [1.29, 1.82) is 0 Å². The van der Waals surface area contributed by atoms with Gasteiger partial charge in [-0.25, -0.2) is 8.42 Å². The van der Waals surface area contributed by atoms with Gasteiger partial charge in [-0.15, -0.1) is 0 Å². The van der Waals surface area contributed by atoms with Gasteiger partial charge in [-0.1, -0.05) is 50.2 Å². The molecule has 0 atom stereocenters. The van der Waals surface area contributed by atoms with Gasteiger partial charge in [0.2, 0.25) is 10.0 Å². The Morgan fingerprint density at radius 3 is 2.12 bits per heavy atom. The fourth-order valence-electron chi connectivity index (χ4n) is 3.33. The zero-order valence-electron chi connectivity index (χ0n) is 15.9. The molecule has 2 aromatic carbocycles. The molecule has 26 heavy (non-hydrogen) atoms. The van der Waals surface area contributed by atoms with E-state index in [2.05, 4.69) is 43.9 Å². The van der Waals surface area contributed by atoms with E-state index < -0.39 is 10.0 Å². The number of sulfonamides is 1. The zero-order valence-corrected chi connectivity index (χ0v) is 16.7. The van der Waals surface area contributed by atoms with Gasteiger partial charge in [0, 0.05) is 32.7 Å². The standard InChI is InChI=1S/C21H28N2O2S/c1-17(2)19-8-10-21(11-9-19)26(24,25)23-14-12-22(13-15-23)16-20-7-5-4-6-18(20)3/h4-11,17H,12-16H2,1-3H3. The van der Waals surface area contributed by atoms with E-state index in [-0.39, 0.29) is 0 Å². The molecule has 140 valence electrons. The van der Waals surface area contributed by atoms with Gasteiger partial charge in [0.05, 0.1) is 4.90 Å². The summed E-state index contributed by atoms with van der Waals surface area (Å²) in [4.78, 5) is 2.73. The van der Waals surface area contributed by atoms with Crippen molar-refractivity contribution in [2.45, 2.75) is 38.1 Å². The Kier molecular flexibility index (Phi) is 5.80. The predicted octanol–water partition coefficient (Wildman–Crippen LogP) is 3.62. The summed E-state index contributed by atoms with van der Waals surface area (Å²) in [6.07, 6.45) is 0. The molecule has 3 rings (SSSR count). The van der Waals surface area contributed by atoms with Crippen LogP contribution in [0, 0.1) is 6.92 Å². The Hall–Kier alpha value is -1.69. The topological polar surface area (TPSA) is 40.6 Å². The second-order valence-electron chi connectivity index (χ2n) is 7.33.